The third-order valence-corrected chi connectivity index (χ3v) is 3.06. The van der Waals surface area contributed by atoms with Crippen molar-refractivity contribution in [2.45, 2.75) is 11.8 Å². The number of thioether (sulfide) groups is 1. The Labute approximate surface area is 111 Å². The van der Waals surface area contributed by atoms with Gasteiger partial charge in [0.05, 0.1) is 5.75 Å². The fraction of sp³-hybridized carbons (Fsp3) is 0.231. The summed E-state index contributed by atoms with van der Waals surface area (Å²) in [7, 11) is 0. The fourth-order valence-corrected chi connectivity index (χ4v) is 1.85. The van der Waals surface area contributed by atoms with Gasteiger partial charge >= 0.3 is 6.03 Å². The standard InChI is InChI=1S/C13H16N2O2S/c1-3-8-14-13(17)15-12(16)9-18-11-6-4-10(2)5-7-11/h3-7H,1,8-9H2,2H3,(H2,14,15,16,17). The zero-order chi connectivity index (χ0) is 13.4. The van der Waals surface area contributed by atoms with Gasteiger partial charge in [-0.25, -0.2) is 4.79 Å². The molecule has 0 saturated heterocycles. The Kier molecular flexibility index (Phi) is 6.00. The van der Waals surface area contributed by atoms with Crippen LogP contribution in [0.15, 0.2) is 41.8 Å². The molecule has 0 bridgehead atoms. The van der Waals surface area contributed by atoms with E-state index < -0.39 is 6.03 Å². The molecule has 3 amide bonds. The van der Waals surface area contributed by atoms with E-state index in [-0.39, 0.29) is 11.7 Å². The van der Waals surface area contributed by atoms with Crippen LogP contribution in [0.4, 0.5) is 4.79 Å². The van der Waals surface area contributed by atoms with Crippen LogP contribution in [0.3, 0.4) is 0 Å². The highest BCUT2D eigenvalue weighted by molar-refractivity contribution is 8.00. The van der Waals surface area contributed by atoms with Crippen molar-refractivity contribution in [2.24, 2.45) is 0 Å². The molecule has 0 aliphatic heterocycles. The van der Waals surface area contributed by atoms with Gasteiger partial charge in [-0.2, -0.15) is 0 Å². The summed E-state index contributed by atoms with van der Waals surface area (Å²) in [6, 6.07) is 7.37. The Morgan fingerprint density at radius 1 is 1.33 bits per heavy atom. The molecular formula is C13H16N2O2S. The first-order chi connectivity index (χ1) is 8.61. The minimum Gasteiger partial charge on any atom is -0.334 e. The number of hydrogen-bond donors (Lipinski definition) is 2. The second kappa shape index (κ2) is 7.55. The van der Waals surface area contributed by atoms with Crippen LogP contribution in [0.25, 0.3) is 0 Å². The Morgan fingerprint density at radius 2 is 2.00 bits per heavy atom. The lowest BCUT2D eigenvalue weighted by Gasteiger charge is -2.05. The maximum Gasteiger partial charge on any atom is 0.321 e. The molecule has 0 radical (unpaired) electrons. The molecule has 0 saturated carbocycles. The predicted molar refractivity (Wildman–Crippen MR) is 73.6 cm³/mol. The molecule has 0 atom stereocenters. The summed E-state index contributed by atoms with van der Waals surface area (Å²) in [5.74, 6) is -0.105. The van der Waals surface area contributed by atoms with Crippen LogP contribution in [0.1, 0.15) is 5.56 Å². The van der Waals surface area contributed by atoms with Gasteiger partial charge in [0.15, 0.2) is 0 Å². The molecule has 0 unspecified atom stereocenters. The monoisotopic (exact) mass is 264 g/mol. The zero-order valence-electron chi connectivity index (χ0n) is 10.2. The van der Waals surface area contributed by atoms with Gasteiger partial charge in [0.25, 0.3) is 0 Å². The SMILES string of the molecule is C=CCNC(=O)NC(=O)CSc1ccc(C)cc1. The Morgan fingerprint density at radius 3 is 2.61 bits per heavy atom. The van der Waals surface area contributed by atoms with Crippen molar-refractivity contribution < 1.29 is 9.59 Å². The van der Waals surface area contributed by atoms with E-state index in [1.807, 2.05) is 31.2 Å². The van der Waals surface area contributed by atoms with Gasteiger partial charge in [-0.3, -0.25) is 10.1 Å². The number of aryl methyl sites for hydroxylation is 1. The highest BCUT2D eigenvalue weighted by Gasteiger charge is 2.06. The number of rotatable bonds is 5. The molecule has 0 spiro atoms. The lowest BCUT2D eigenvalue weighted by atomic mass is 10.2. The van der Waals surface area contributed by atoms with Crippen LogP contribution in [-0.4, -0.2) is 24.2 Å². The van der Waals surface area contributed by atoms with Crippen LogP contribution < -0.4 is 10.6 Å². The number of urea groups is 1. The van der Waals surface area contributed by atoms with Crippen LogP contribution in [0.2, 0.25) is 0 Å². The highest BCUT2D eigenvalue weighted by Crippen LogP contribution is 2.17. The van der Waals surface area contributed by atoms with E-state index in [0.717, 1.165) is 4.90 Å². The van der Waals surface area contributed by atoms with E-state index in [1.54, 1.807) is 6.08 Å². The van der Waals surface area contributed by atoms with Gasteiger partial charge in [0, 0.05) is 11.4 Å². The van der Waals surface area contributed by atoms with Gasteiger partial charge in [-0.1, -0.05) is 23.8 Å². The minimum absolute atomic E-state index is 0.213. The number of carbonyl (C=O) groups is 2. The molecule has 0 aliphatic carbocycles. The second-order valence-corrected chi connectivity index (χ2v) is 4.70. The zero-order valence-corrected chi connectivity index (χ0v) is 11.0. The van der Waals surface area contributed by atoms with E-state index in [9.17, 15) is 9.59 Å². The summed E-state index contributed by atoms with van der Waals surface area (Å²) in [6.07, 6.45) is 1.55. The maximum atomic E-state index is 11.4. The number of carbonyl (C=O) groups excluding carboxylic acids is 2. The van der Waals surface area contributed by atoms with Crippen molar-refractivity contribution in [3.05, 3.63) is 42.5 Å². The van der Waals surface area contributed by atoms with E-state index >= 15 is 0 Å². The summed E-state index contributed by atoms with van der Waals surface area (Å²) in [6.45, 7) is 5.81. The van der Waals surface area contributed by atoms with Crippen LogP contribution in [0, 0.1) is 6.92 Å². The number of benzene rings is 1. The molecule has 1 aromatic carbocycles. The van der Waals surface area contributed by atoms with Crippen molar-refractivity contribution in [1.29, 1.82) is 0 Å². The van der Waals surface area contributed by atoms with Crippen LogP contribution >= 0.6 is 11.8 Å². The highest BCUT2D eigenvalue weighted by atomic mass is 32.2. The quantitative estimate of drug-likeness (QED) is 0.632. The largest absolute Gasteiger partial charge is 0.334 e. The van der Waals surface area contributed by atoms with Crippen molar-refractivity contribution in [1.82, 2.24) is 10.6 Å². The van der Waals surface area contributed by atoms with Crippen molar-refractivity contribution in [3.63, 3.8) is 0 Å². The summed E-state index contributed by atoms with van der Waals surface area (Å²) in [4.78, 5) is 23.6. The van der Waals surface area contributed by atoms with Crippen molar-refractivity contribution in [3.8, 4) is 0 Å². The number of hydrogen-bond acceptors (Lipinski definition) is 3. The average Bonchev–Trinajstić information content (AvgIpc) is 2.35. The third kappa shape index (κ3) is 5.54. The fourth-order valence-electron chi connectivity index (χ4n) is 1.16. The molecule has 0 heterocycles. The molecule has 5 heteroatoms. The molecule has 1 aromatic rings. The summed E-state index contributed by atoms with van der Waals surface area (Å²) < 4.78 is 0. The van der Waals surface area contributed by atoms with Gasteiger partial charge in [0.2, 0.25) is 5.91 Å². The Hall–Kier alpha value is -1.75. The molecular weight excluding hydrogens is 248 g/mol. The van der Waals surface area contributed by atoms with Gasteiger partial charge < -0.3 is 5.32 Å². The van der Waals surface area contributed by atoms with E-state index in [4.69, 9.17) is 0 Å². The van der Waals surface area contributed by atoms with E-state index in [1.165, 1.54) is 17.3 Å². The van der Waals surface area contributed by atoms with Gasteiger partial charge in [-0.05, 0) is 19.1 Å². The normalized spacial score (nSPS) is 9.61. The molecule has 96 valence electrons. The molecule has 1 rings (SSSR count). The Bertz CT molecular complexity index is 429. The third-order valence-electron chi connectivity index (χ3n) is 2.05. The second-order valence-electron chi connectivity index (χ2n) is 3.65. The first kappa shape index (κ1) is 14.3. The first-order valence-electron chi connectivity index (χ1n) is 5.50. The average molecular weight is 264 g/mol. The summed E-state index contributed by atoms with van der Waals surface area (Å²) in [5, 5.41) is 4.71. The number of nitrogens with one attached hydrogen (secondary N) is 2. The molecule has 0 fully saturated rings. The smallest absolute Gasteiger partial charge is 0.321 e. The molecule has 18 heavy (non-hydrogen) atoms. The lowest BCUT2D eigenvalue weighted by molar-refractivity contribution is -0.117. The number of amides is 3. The summed E-state index contributed by atoms with van der Waals surface area (Å²) in [5.41, 5.74) is 1.17. The molecule has 4 nitrogen and oxygen atoms in total. The first-order valence-corrected chi connectivity index (χ1v) is 6.48. The topological polar surface area (TPSA) is 58.2 Å². The number of imide groups is 1. The van der Waals surface area contributed by atoms with Crippen molar-refractivity contribution in [2.75, 3.05) is 12.3 Å². The van der Waals surface area contributed by atoms with Gasteiger partial charge in [0.1, 0.15) is 0 Å². The molecule has 0 aliphatic rings. The van der Waals surface area contributed by atoms with Crippen molar-refractivity contribution >= 4 is 23.7 Å². The van der Waals surface area contributed by atoms with E-state index in [0.29, 0.717) is 6.54 Å². The molecule has 2 N–H and O–H groups in total. The van der Waals surface area contributed by atoms with Gasteiger partial charge in [-0.15, -0.1) is 18.3 Å². The van der Waals surface area contributed by atoms with Crippen LogP contribution in [0.5, 0.6) is 0 Å². The summed E-state index contributed by atoms with van der Waals surface area (Å²) >= 11 is 1.39. The lowest BCUT2D eigenvalue weighted by Crippen LogP contribution is -2.40. The predicted octanol–water partition coefficient (Wildman–Crippen LogP) is 2.10. The van der Waals surface area contributed by atoms with E-state index in [2.05, 4.69) is 17.2 Å². The maximum absolute atomic E-state index is 11.4. The minimum atomic E-state index is -0.496. The molecule has 0 aromatic heterocycles. The Balaban J connectivity index is 2.30. The van der Waals surface area contributed by atoms with Crippen LogP contribution in [-0.2, 0) is 4.79 Å².